The second kappa shape index (κ2) is 5.56. The Morgan fingerprint density at radius 1 is 1.29 bits per heavy atom. The maximum absolute atomic E-state index is 11.9. The third-order valence-electron chi connectivity index (χ3n) is 6.01. The molecule has 5 nitrogen and oxygen atoms in total. The average Bonchev–Trinajstić information content (AvgIpc) is 2.97. The zero-order valence-electron chi connectivity index (χ0n) is 13.7. The molecule has 1 aromatic rings. The number of fused-ring (bicyclic) bond motifs is 2. The lowest BCUT2D eigenvalue weighted by Gasteiger charge is -2.25. The van der Waals surface area contributed by atoms with E-state index in [0.717, 1.165) is 19.4 Å². The van der Waals surface area contributed by atoms with Crippen molar-refractivity contribution in [3.05, 3.63) is 34.9 Å². The molecular weight excluding hydrogens is 326 g/mol. The molecule has 0 amide bonds. The maximum Gasteiger partial charge on any atom is 0.312 e. The lowest BCUT2D eigenvalue weighted by Crippen LogP contribution is -2.39. The molecule has 1 aliphatic carbocycles. The largest absolute Gasteiger partial charge is 0.481 e. The molecule has 2 fully saturated rings. The van der Waals surface area contributed by atoms with E-state index >= 15 is 0 Å². The molecule has 2 atom stereocenters. The van der Waals surface area contributed by atoms with Gasteiger partial charge in [0.2, 0.25) is 0 Å². The van der Waals surface area contributed by atoms with Gasteiger partial charge in [-0.2, -0.15) is 0 Å². The number of hydrogen-bond acceptors (Lipinski definition) is 4. The Kier molecular flexibility index (Phi) is 3.73. The Balaban J connectivity index is 1.58. The number of carboxylic acid groups (broad SMARTS) is 1. The van der Waals surface area contributed by atoms with Crippen LogP contribution in [0.5, 0.6) is 0 Å². The van der Waals surface area contributed by atoms with Crippen molar-refractivity contribution in [2.45, 2.75) is 32.2 Å². The van der Waals surface area contributed by atoms with E-state index in [1.54, 1.807) is 0 Å². The Bertz CT molecular complexity index is 788. The molecule has 130 valence electrons. The summed E-state index contributed by atoms with van der Waals surface area (Å²) in [6.07, 6.45) is 4.68. The fourth-order valence-corrected chi connectivity index (χ4v) is 7.28. The summed E-state index contributed by atoms with van der Waals surface area (Å²) in [6, 6.07) is 6.43. The third kappa shape index (κ3) is 2.56. The number of carboxylic acids is 1. The molecule has 0 unspecified atom stereocenters. The summed E-state index contributed by atoms with van der Waals surface area (Å²) in [4.78, 5) is 14.0. The molecule has 1 N–H and O–H groups in total. The van der Waals surface area contributed by atoms with Gasteiger partial charge >= 0.3 is 5.97 Å². The summed E-state index contributed by atoms with van der Waals surface area (Å²) in [7, 11) is -3.23. The molecule has 0 bridgehead atoms. The van der Waals surface area contributed by atoms with Crippen LogP contribution in [0, 0.1) is 11.3 Å². The molecule has 3 aliphatic rings. The van der Waals surface area contributed by atoms with Crippen LogP contribution in [0.4, 0.5) is 0 Å². The predicted octanol–water partition coefficient (Wildman–Crippen LogP) is 1.50. The van der Waals surface area contributed by atoms with Crippen LogP contribution in [-0.4, -0.2) is 49.0 Å². The van der Waals surface area contributed by atoms with Gasteiger partial charge in [0.15, 0.2) is 9.84 Å². The summed E-state index contributed by atoms with van der Waals surface area (Å²) >= 11 is 0. The molecular formula is C18H23NO4S. The van der Waals surface area contributed by atoms with Crippen LogP contribution in [-0.2, 0) is 34.0 Å². The van der Waals surface area contributed by atoms with Gasteiger partial charge in [0.1, 0.15) is 0 Å². The molecule has 0 saturated carbocycles. The normalized spacial score (nSPS) is 31.6. The van der Waals surface area contributed by atoms with Crippen LogP contribution in [0.1, 0.15) is 29.5 Å². The fourth-order valence-electron chi connectivity index (χ4n) is 4.89. The molecule has 0 radical (unpaired) electrons. The lowest BCUT2D eigenvalue weighted by molar-refractivity contribution is -0.148. The number of rotatable bonds is 3. The minimum absolute atomic E-state index is 0.0166. The number of benzene rings is 1. The Morgan fingerprint density at radius 3 is 2.83 bits per heavy atom. The van der Waals surface area contributed by atoms with Crippen LogP contribution in [0.3, 0.4) is 0 Å². The quantitative estimate of drug-likeness (QED) is 0.895. The van der Waals surface area contributed by atoms with E-state index in [0.29, 0.717) is 13.1 Å². The first kappa shape index (κ1) is 16.1. The molecule has 0 aromatic heterocycles. The van der Waals surface area contributed by atoms with Gasteiger partial charge < -0.3 is 5.11 Å². The van der Waals surface area contributed by atoms with E-state index in [2.05, 4.69) is 23.1 Å². The van der Waals surface area contributed by atoms with E-state index in [-0.39, 0.29) is 17.4 Å². The smallest absolute Gasteiger partial charge is 0.312 e. The van der Waals surface area contributed by atoms with Crippen molar-refractivity contribution in [2.24, 2.45) is 11.3 Å². The van der Waals surface area contributed by atoms with Gasteiger partial charge in [-0.25, -0.2) is 8.42 Å². The van der Waals surface area contributed by atoms with Gasteiger partial charge in [-0.1, -0.05) is 18.2 Å². The average molecular weight is 349 g/mol. The number of aryl methyl sites for hydroxylation is 1. The van der Waals surface area contributed by atoms with Gasteiger partial charge in [0.05, 0.1) is 16.9 Å². The summed E-state index contributed by atoms with van der Waals surface area (Å²) in [5.74, 6) is -1.42. The van der Waals surface area contributed by atoms with Crippen molar-refractivity contribution in [1.82, 2.24) is 4.90 Å². The van der Waals surface area contributed by atoms with E-state index in [9.17, 15) is 18.3 Å². The molecule has 2 aliphatic heterocycles. The molecule has 6 heteroatoms. The minimum atomic E-state index is -3.23. The highest BCUT2D eigenvalue weighted by Gasteiger charge is 2.60. The molecule has 1 aromatic carbocycles. The van der Waals surface area contributed by atoms with E-state index in [1.165, 1.54) is 29.5 Å². The van der Waals surface area contributed by atoms with Crippen molar-refractivity contribution in [3.63, 3.8) is 0 Å². The summed E-state index contributed by atoms with van der Waals surface area (Å²) in [5, 5.41) is 9.69. The van der Waals surface area contributed by atoms with Crippen LogP contribution in [0.15, 0.2) is 18.2 Å². The van der Waals surface area contributed by atoms with Crippen molar-refractivity contribution in [2.75, 3.05) is 24.6 Å². The first-order chi connectivity index (χ1) is 11.4. The van der Waals surface area contributed by atoms with Gasteiger partial charge in [-0.3, -0.25) is 9.69 Å². The summed E-state index contributed by atoms with van der Waals surface area (Å²) < 4.78 is 23.9. The van der Waals surface area contributed by atoms with E-state index < -0.39 is 21.2 Å². The van der Waals surface area contributed by atoms with Crippen molar-refractivity contribution in [1.29, 1.82) is 0 Å². The van der Waals surface area contributed by atoms with Crippen LogP contribution < -0.4 is 0 Å². The molecule has 4 rings (SSSR count). The van der Waals surface area contributed by atoms with E-state index in [1.807, 2.05) is 0 Å². The predicted molar refractivity (Wildman–Crippen MR) is 90.6 cm³/mol. The number of carbonyl (C=O) groups is 1. The number of nitrogens with zero attached hydrogens (tertiary/aromatic N) is 1. The summed E-state index contributed by atoms with van der Waals surface area (Å²) in [6.45, 7) is 1.64. The highest BCUT2D eigenvalue weighted by molar-refractivity contribution is 7.91. The second-order valence-corrected chi connectivity index (χ2v) is 9.75. The number of aliphatic carboxylic acids is 1. The van der Waals surface area contributed by atoms with Crippen LogP contribution in [0.25, 0.3) is 0 Å². The lowest BCUT2D eigenvalue weighted by atomic mass is 9.81. The van der Waals surface area contributed by atoms with Crippen LogP contribution in [0.2, 0.25) is 0 Å². The second-order valence-electron chi connectivity index (χ2n) is 7.64. The monoisotopic (exact) mass is 349 g/mol. The zero-order chi connectivity index (χ0) is 16.9. The third-order valence-corrected chi connectivity index (χ3v) is 7.88. The fraction of sp³-hybridized carbons (Fsp3) is 0.611. The highest BCUT2D eigenvalue weighted by atomic mass is 32.2. The van der Waals surface area contributed by atoms with Crippen molar-refractivity contribution >= 4 is 15.8 Å². The molecule has 2 heterocycles. The Morgan fingerprint density at radius 2 is 2.08 bits per heavy atom. The zero-order valence-corrected chi connectivity index (χ0v) is 14.5. The molecule has 24 heavy (non-hydrogen) atoms. The SMILES string of the molecule is O=C(O)[C@]12CN(Cc3cccc4c3CCCC4)C[C@H]1CS(=O)(=O)C2. The van der Waals surface area contributed by atoms with Gasteiger partial charge in [-0.15, -0.1) is 0 Å². The maximum atomic E-state index is 11.9. The Labute approximate surface area is 142 Å². The van der Waals surface area contributed by atoms with Crippen molar-refractivity contribution in [3.8, 4) is 0 Å². The van der Waals surface area contributed by atoms with Crippen LogP contribution >= 0.6 is 0 Å². The number of hydrogen-bond donors (Lipinski definition) is 1. The van der Waals surface area contributed by atoms with E-state index in [4.69, 9.17) is 0 Å². The highest BCUT2D eigenvalue weighted by Crippen LogP contribution is 2.44. The minimum Gasteiger partial charge on any atom is -0.481 e. The molecule has 2 saturated heterocycles. The first-order valence-electron chi connectivity index (χ1n) is 8.65. The topological polar surface area (TPSA) is 74.7 Å². The number of likely N-dealkylation sites (tertiary alicyclic amines) is 1. The standard InChI is InChI=1S/C18H23NO4S/c20-17(21)18-11-19(9-15(18)10-24(22,23)12-18)8-14-6-3-5-13-4-1-2-7-16(13)14/h3,5-6,15H,1-2,4,7-12H2,(H,20,21)/t15-,18-/m0/s1. The Hall–Kier alpha value is -1.40. The van der Waals surface area contributed by atoms with Gasteiger partial charge in [-0.05, 0) is 42.4 Å². The van der Waals surface area contributed by atoms with Gasteiger partial charge in [0, 0.05) is 25.6 Å². The first-order valence-corrected chi connectivity index (χ1v) is 10.5. The summed E-state index contributed by atoms with van der Waals surface area (Å²) in [5.41, 5.74) is 3.04. The van der Waals surface area contributed by atoms with Crippen molar-refractivity contribution < 1.29 is 18.3 Å². The molecule has 0 spiro atoms. The van der Waals surface area contributed by atoms with Gasteiger partial charge in [0.25, 0.3) is 0 Å². The number of sulfone groups is 1.